The average Bonchev–Trinajstić information content (AvgIpc) is 2.73. The highest BCUT2D eigenvalue weighted by atomic mass is 32.2. The van der Waals surface area contributed by atoms with E-state index in [4.69, 9.17) is 9.84 Å². The van der Waals surface area contributed by atoms with Crippen molar-refractivity contribution in [3.8, 4) is 0 Å². The lowest BCUT2D eigenvalue weighted by molar-refractivity contribution is -0.148. The van der Waals surface area contributed by atoms with Gasteiger partial charge in [-0.3, -0.25) is 4.79 Å². The summed E-state index contributed by atoms with van der Waals surface area (Å²) in [4.78, 5) is 11.9. The number of esters is 1. The fourth-order valence-corrected chi connectivity index (χ4v) is 3.82. The van der Waals surface area contributed by atoms with Crippen LogP contribution in [0.4, 0.5) is 0 Å². The molecule has 5 heteroatoms. The van der Waals surface area contributed by atoms with Gasteiger partial charge in [0.15, 0.2) is 0 Å². The molecule has 0 heterocycles. The van der Waals surface area contributed by atoms with Gasteiger partial charge in [0.05, 0.1) is 13.7 Å². The molecule has 1 aliphatic carbocycles. The maximum absolute atomic E-state index is 11.9. The Balaban J connectivity index is 2.61. The molecule has 3 unspecified atom stereocenters. The minimum absolute atomic E-state index is 0.154. The van der Waals surface area contributed by atoms with Gasteiger partial charge in [0.25, 0.3) is 0 Å². The largest absolute Gasteiger partial charge is 0.468 e. The SMILES string of the molecule is CCNC1(C(=O)OC)CCC(SC(C)CO)C1. The van der Waals surface area contributed by atoms with Crippen LogP contribution in [0.3, 0.4) is 0 Å². The quantitative estimate of drug-likeness (QED) is 0.703. The summed E-state index contributed by atoms with van der Waals surface area (Å²) in [5.41, 5.74) is -0.504. The normalized spacial score (nSPS) is 30.2. The van der Waals surface area contributed by atoms with E-state index < -0.39 is 5.54 Å². The molecule has 17 heavy (non-hydrogen) atoms. The van der Waals surface area contributed by atoms with Crippen LogP contribution in [-0.2, 0) is 9.53 Å². The van der Waals surface area contributed by atoms with Crippen LogP contribution in [0.1, 0.15) is 33.1 Å². The zero-order valence-electron chi connectivity index (χ0n) is 10.9. The number of hydrogen-bond donors (Lipinski definition) is 2. The fourth-order valence-electron chi connectivity index (χ4n) is 2.44. The number of carbonyl (C=O) groups excluding carboxylic acids is 1. The van der Waals surface area contributed by atoms with Gasteiger partial charge in [0, 0.05) is 10.5 Å². The number of hydrogen-bond acceptors (Lipinski definition) is 5. The van der Waals surface area contributed by atoms with Gasteiger partial charge in [-0.25, -0.2) is 0 Å². The Hall–Kier alpha value is -0.260. The van der Waals surface area contributed by atoms with Crippen molar-refractivity contribution >= 4 is 17.7 Å². The lowest BCUT2D eigenvalue weighted by atomic mass is 9.98. The van der Waals surface area contributed by atoms with Crippen LogP contribution in [0.2, 0.25) is 0 Å². The molecule has 1 rings (SSSR count). The molecule has 0 aromatic rings. The lowest BCUT2D eigenvalue weighted by Gasteiger charge is -2.27. The highest BCUT2D eigenvalue weighted by molar-refractivity contribution is 8.00. The highest BCUT2D eigenvalue weighted by Crippen LogP contribution is 2.39. The highest BCUT2D eigenvalue weighted by Gasteiger charge is 2.46. The third-order valence-corrected chi connectivity index (χ3v) is 4.64. The molecule has 0 amide bonds. The van der Waals surface area contributed by atoms with Crippen molar-refractivity contribution in [2.75, 3.05) is 20.3 Å². The number of thioether (sulfide) groups is 1. The molecule has 0 radical (unpaired) electrons. The summed E-state index contributed by atoms with van der Waals surface area (Å²) >= 11 is 1.77. The van der Waals surface area contributed by atoms with Crippen molar-refractivity contribution in [3.63, 3.8) is 0 Å². The molecule has 4 nitrogen and oxygen atoms in total. The van der Waals surface area contributed by atoms with Gasteiger partial charge >= 0.3 is 5.97 Å². The van der Waals surface area contributed by atoms with Crippen molar-refractivity contribution < 1.29 is 14.6 Å². The minimum atomic E-state index is -0.504. The number of nitrogens with one attached hydrogen (secondary N) is 1. The zero-order chi connectivity index (χ0) is 12.9. The van der Waals surface area contributed by atoms with Crippen LogP contribution >= 0.6 is 11.8 Å². The Labute approximate surface area is 107 Å². The van der Waals surface area contributed by atoms with Crippen molar-refractivity contribution in [2.45, 2.75) is 49.1 Å². The number of likely N-dealkylation sites (N-methyl/N-ethyl adjacent to an activating group) is 1. The van der Waals surface area contributed by atoms with Gasteiger partial charge in [-0.15, -0.1) is 0 Å². The van der Waals surface area contributed by atoms with E-state index in [1.807, 2.05) is 13.8 Å². The summed E-state index contributed by atoms with van der Waals surface area (Å²) < 4.78 is 4.91. The summed E-state index contributed by atoms with van der Waals surface area (Å²) in [5.74, 6) is -0.154. The van der Waals surface area contributed by atoms with E-state index in [1.165, 1.54) is 7.11 Å². The number of aliphatic hydroxyl groups is 1. The molecule has 0 saturated heterocycles. The number of rotatable bonds is 6. The summed E-state index contributed by atoms with van der Waals surface area (Å²) in [6.45, 7) is 4.97. The Morgan fingerprint density at radius 2 is 2.41 bits per heavy atom. The van der Waals surface area contributed by atoms with Crippen LogP contribution in [0.5, 0.6) is 0 Å². The average molecular weight is 261 g/mol. The maximum Gasteiger partial charge on any atom is 0.326 e. The van der Waals surface area contributed by atoms with E-state index in [1.54, 1.807) is 11.8 Å². The molecule has 0 spiro atoms. The number of ether oxygens (including phenoxy) is 1. The lowest BCUT2D eigenvalue weighted by Crippen LogP contribution is -2.50. The summed E-state index contributed by atoms with van der Waals surface area (Å²) in [6.07, 6.45) is 2.61. The van der Waals surface area contributed by atoms with Crippen molar-refractivity contribution in [2.24, 2.45) is 0 Å². The van der Waals surface area contributed by atoms with E-state index in [2.05, 4.69) is 5.32 Å². The van der Waals surface area contributed by atoms with Crippen molar-refractivity contribution in [3.05, 3.63) is 0 Å². The number of aliphatic hydroxyl groups excluding tert-OH is 1. The first-order valence-corrected chi connectivity index (χ1v) is 7.12. The molecule has 0 bridgehead atoms. The molecular formula is C12H23NO3S. The topological polar surface area (TPSA) is 58.6 Å². The maximum atomic E-state index is 11.9. The molecule has 1 saturated carbocycles. The fraction of sp³-hybridized carbons (Fsp3) is 0.917. The molecule has 100 valence electrons. The third-order valence-electron chi connectivity index (χ3n) is 3.24. The van der Waals surface area contributed by atoms with Crippen molar-refractivity contribution in [1.29, 1.82) is 0 Å². The Morgan fingerprint density at radius 1 is 1.71 bits per heavy atom. The first-order valence-electron chi connectivity index (χ1n) is 6.17. The van der Waals surface area contributed by atoms with Crippen LogP contribution in [0, 0.1) is 0 Å². The van der Waals surface area contributed by atoms with Crippen LogP contribution in [-0.4, -0.2) is 47.4 Å². The smallest absolute Gasteiger partial charge is 0.326 e. The van der Waals surface area contributed by atoms with Crippen molar-refractivity contribution in [1.82, 2.24) is 5.32 Å². The molecule has 1 fully saturated rings. The van der Waals surface area contributed by atoms with Gasteiger partial charge in [-0.05, 0) is 25.8 Å². The van der Waals surface area contributed by atoms with Gasteiger partial charge in [-0.2, -0.15) is 11.8 Å². The molecule has 3 atom stereocenters. The molecule has 0 aliphatic heterocycles. The second-order valence-electron chi connectivity index (χ2n) is 4.60. The Morgan fingerprint density at radius 3 is 2.94 bits per heavy atom. The number of carbonyl (C=O) groups is 1. The minimum Gasteiger partial charge on any atom is -0.468 e. The molecule has 2 N–H and O–H groups in total. The molecule has 0 aromatic heterocycles. The first-order chi connectivity index (χ1) is 8.07. The van der Waals surface area contributed by atoms with Crippen LogP contribution < -0.4 is 5.32 Å². The van der Waals surface area contributed by atoms with Gasteiger partial charge in [-0.1, -0.05) is 13.8 Å². The van der Waals surface area contributed by atoms with Gasteiger partial charge in [0.2, 0.25) is 0 Å². The molecule has 1 aliphatic rings. The van der Waals surface area contributed by atoms with E-state index in [0.29, 0.717) is 5.25 Å². The van der Waals surface area contributed by atoms with Crippen LogP contribution in [0.25, 0.3) is 0 Å². The molecule has 0 aromatic carbocycles. The summed E-state index contributed by atoms with van der Waals surface area (Å²) in [5, 5.41) is 13.0. The summed E-state index contributed by atoms with van der Waals surface area (Å²) in [6, 6.07) is 0. The van der Waals surface area contributed by atoms with E-state index in [9.17, 15) is 4.79 Å². The second-order valence-corrected chi connectivity index (χ2v) is 6.34. The summed E-state index contributed by atoms with van der Waals surface area (Å²) in [7, 11) is 1.44. The Bertz CT molecular complexity index is 262. The monoisotopic (exact) mass is 261 g/mol. The van der Waals surface area contributed by atoms with E-state index in [0.717, 1.165) is 25.8 Å². The Kier molecular flexibility index (Phi) is 5.76. The van der Waals surface area contributed by atoms with E-state index >= 15 is 0 Å². The predicted molar refractivity (Wildman–Crippen MR) is 70.2 cm³/mol. The van der Waals surface area contributed by atoms with Gasteiger partial charge < -0.3 is 15.2 Å². The molecular weight excluding hydrogens is 238 g/mol. The van der Waals surface area contributed by atoms with Crippen LogP contribution in [0.15, 0.2) is 0 Å². The first kappa shape index (κ1) is 14.8. The second kappa shape index (κ2) is 6.61. The predicted octanol–water partition coefficient (Wildman–Crippen LogP) is 1.17. The number of methoxy groups -OCH3 is 1. The van der Waals surface area contributed by atoms with E-state index in [-0.39, 0.29) is 17.8 Å². The third kappa shape index (κ3) is 3.60. The zero-order valence-corrected chi connectivity index (χ0v) is 11.7. The van der Waals surface area contributed by atoms with Gasteiger partial charge in [0.1, 0.15) is 5.54 Å². The standard InChI is InChI=1S/C12H23NO3S/c1-4-13-12(11(15)16-3)6-5-10(7-12)17-9(2)8-14/h9-10,13-14H,4-8H2,1-3H3.